The van der Waals surface area contributed by atoms with E-state index in [1.807, 2.05) is 55.7 Å². The zero-order valence-corrected chi connectivity index (χ0v) is 22.1. The van der Waals surface area contributed by atoms with E-state index in [9.17, 15) is 33.4 Å². The molecule has 0 aliphatic carbocycles. The van der Waals surface area contributed by atoms with Gasteiger partial charge in [-0.05, 0) is 41.7 Å². The van der Waals surface area contributed by atoms with Crippen LogP contribution in [0.15, 0.2) is 60.8 Å². The highest BCUT2D eigenvalue weighted by molar-refractivity contribution is 5.79. The molecular formula is C29H33F2N3O5. The van der Waals surface area contributed by atoms with Gasteiger partial charge in [-0.3, -0.25) is 9.59 Å². The normalized spacial score (nSPS) is 13.0. The van der Waals surface area contributed by atoms with E-state index in [-0.39, 0.29) is 24.9 Å². The number of rotatable bonds is 12. The lowest BCUT2D eigenvalue weighted by molar-refractivity contribution is -0.143. The summed E-state index contributed by atoms with van der Waals surface area (Å²) in [4.78, 5) is 37.0. The van der Waals surface area contributed by atoms with Gasteiger partial charge in [0.05, 0.1) is 6.04 Å². The molecule has 0 bridgehead atoms. The number of aromatic nitrogens is 1. The predicted molar refractivity (Wildman–Crippen MR) is 142 cm³/mol. The largest absolute Gasteiger partial charge is 0.480 e. The molecule has 2 atom stereocenters. The topological polar surface area (TPSA) is 112 Å². The molecule has 1 aromatic heterocycles. The standard InChI is InChI=1S/C29H33F2N3O5/c1-29(2,3)27(34(26(37)17-35)12-11-24(28(38)39)32-18-36)25-13-20(22-14-21(30)9-10-23(22)31)16-33(25)15-19-7-5-4-6-8-19/h4-10,13-14,16,18,24,27,35H,11-12,15,17H2,1-3H3,(H,32,36)(H,38,39). The van der Waals surface area contributed by atoms with Crippen LogP contribution in [0.1, 0.15) is 44.5 Å². The smallest absolute Gasteiger partial charge is 0.326 e. The number of nitrogens with zero attached hydrogens (tertiary/aromatic N) is 2. The van der Waals surface area contributed by atoms with Gasteiger partial charge in [0, 0.05) is 36.1 Å². The van der Waals surface area contributed by atoms with E-state index in [0.717, 1.165) is 23.8 Å². The summed E-state index contributed by atoms with van der Waals surface area (Å²) in [5.74, 6) is -3.12. The number of carbonyl (C=O) groups is 3. The minimum atomic E-state index is -1.26. The summed E-state index contributed by atoms with van der Waals surface area (Å²) in [6, 6.07) is 12.4. The molecule has 0 saturated heterocycles. The second-order valence-electron chi connectivity index (χ2n) is 10.4. The summed E-state index contributed by atoms with van der Waals surface area (Å²) < 4.78 is 30.7. The van der Waals surface area contributed by atoms with Crippen LogP contribution in [-0.2, 0) is 20.9 Å². The molecule has 0 aliphatic rings. The first-order valence-electron chi connectivity index (χ1n) is 12.5. The van der Waals surface area contributed by atoms with Gasteiger partial charge in [0.1, 0.15) is 24.3 Å². The number of hydrogen-bond donors (Lipinski definition) is 3. The van der Waals surface area contributed by atoms with Crippen LogP contribution in [0.25, 0.3) is 11.1 Å². The summed E-state index contributed by atoms with van der Waals surface area (Å²) in [5.41, 5.74) is 1.31. The third-order valence-electron chi connectivity index (χ3n) is 6.46. The van der Waals surface area contributed by atoms with E-state index in [0.29, 0.717) is 17.8 Å². The zero-order chi connectivity index (χ0) is 28.7. The molecule has 0 saturated carbocycles. The molecule has 2 amide bonds. The molecule has 3 aromatic rings. The van der Waals surface area contributed by atoms with E-state index in [1.165, 1.54) is 4.90 Å². The Morgan fingerprint density at radius 1 is 1.10 bits per heavy atom. The molecule has 2 unspecified atom stereocenters. The first-order chi connectivity index (χ1) is 18.5. The Morgan fingerprint density at radius 2 is 1.79 bits per heavy atom. The minimum absolute atomic E-state index is 0.0527. The zero-order valence-electron chi connectivity index (χ0n) is 22.1. The van der Waals surface area contributed by atoms with Crippen LogP contribution in [0.4, 0.5) is 8.78 Å². The molecule has 3 rings (SSSR count). The van der Waals surface area contributed by atoms with Gasteiger partial charge in [0.25, 0.3) is 0 Å². The number of nitrogens with one attached hydrogen (secondary N) is 1. The van der Waals surface area contributed by atoms with Gasteiger partial charge in [0.15, 0.2) is 0 Å². The van der Waals surface area contributed by atoms with Gasteiger partial charge in [0.2, 0.25) is 12.3 Å². The Hall–Kier alpha value is -4.05. The van der Waals surface area contributed by atoms with E-state index >= 15 is 0 Å². The fraction of sp³-hybridized carbons (Fsp3) is 0.345. The van der Waals surface area contributed by atoms with Crippen LogP contribution >= 0.6 is 0 Å². The number of aliphatic hydroxyl groups excluding tert-OH is 1. The number of carboxylic acid groups (broad SMARTS) is 1. The summed E-state index contributed by atoms with van der Waals surface area (Å²) in [6.07, 6.45) is 1.86. The number of aliphatic hydroxyl groups is 1. The SMILES string of the molecule is CC(C)(C)C(c1cc(-c2cc(F)ccc2F)cn1Cc1ccccc1)N(CCC(NC=O)C(=O)O)C(=O)CO. The first-order valence-corrected chi connectivity index (χ1v) is 12.5. The van der Waals surface area contributed by atoms with Gasteiger partial charge in [-0.2, -0.15) is 0 Å². The number of carboxylic acids is 1. The molecule has 10 heteroatoms. The van der Waals surface area contributed by atoms with Crippen LogP contribution in [0.2, 0.25) is 0 Å². The van der Waals surface area contributed by atoms with Crippen molar-refractivity contribution in [3.05, 3.63) is 83.7 Å². The second kappa shape index (κ2) is 12.7. The lowest BCUT2D eigenvalue weighted by Crippen LogP contribution is -2.46. The highest BCUT2D eigenvalue weighted by atomic mass is 19.1. The molecule has 0 aliphatic heterocycles. The fourth-order valence-electron chi connectivity index (χ4n) is 4.73. The van der Waals surface area contributed by atoms with Gasteiger partial charge in [-0.1, -0.05) is 51.1 Å². The van der Waals surface area contributed by atoms with Crippen LogP contribution in [0, 0.1) is 17.0 Å². The van der Waals surface area contributed by atoms with Crippen molar-refractivity contribution in [2.45, 2.75) is 45.8 Å². The lowest BCUT2D eigenvalue weighted by Gasteiger charge is -2.41. The maximum Gasteiger partial charge on any atom is 0.326 e. The second-order valence-corrected chi connectivity index (χ2v) is 10.4. The minimum Gasteiger partial charge on any atom is -0.480 e. The van der Waals surface area contributed by atoms with Crippen LogP contribution in [0.3, 0.4) is 0 Å². The third-order valence-corrected chi connectivity index (χ3v) is 6.46. The molecule has 8 nitrogen and oxygen atoms in total. The molecular weight excluding hydrogens is 508 g/mol. The number of amides is 2. The Kier molecular flexibility index (Phi) is 9.58. The van der Waals surface area contributed by atoms with Crippen molar-refractivity contribution in [2.24, 2.45) is 5.41 Å². The number of halogens is 2. The van der Waals surface area contributed by atoms with Crippen LogP contribution in [0.5, 0.6) is 0 Å². The van der Waals surface area contributed by atoms with Gasteiger partial charge >= 0.3 is 5.97 Å². The summed E-state index contributed by atoms with van der Waals surface area (Å²) >= 11 is 0. The summed E-state index contributed by atoms with van der Waals surface area (Å²) in [5, 5.41) is 21.5. The Morgan fingerprint density at radius 3 is 2.38 bits per heavy atom. The van der Waals surface area contributed by atoms with E-state index < -0.39 is 47.6 Å². The number of benzene rings is 2. The molecule has 39 heavy (non-hydrogen) atoms. The average molecular weight is 542 g/mol. The molecule has 1 heterocycles. The quantitative estimate of drug-likeness (QED) is 0.301. The van der Waals surface area contributed by atoms with E-state index in [4.69, 9.17) is 0 Å². The molecule has 0 fully saturated rings. The number of carbonyl (C=O) groups excluding carboxylic acids is 2. The van der Waals surface area contributed by atoms with Crippen molar-refractivity contribution in [3.63, 3.8) is 0 Å². The van der Waals surface area contributed by atoms with Gasteiger partial charge in [-0.15, -0.1) is 0 Å². The summed E-state index contributed by atoms with van der Waals surface area (Å²) in [7, 11) is 0. The van der Waals surface area contributed by atoms with Crippen molar-refractivity contribution in [1.29, 1.82) is 0 Å². The van der Waals surface area contributed by atoms with E-state index in [1.54, 1.807) is 12.3 Å². The van der Waals surface area contributed by atoms with E-state index in [2.05, 4.69) is 5.32 Å². The van der Waals surface area contributed by atoms with Gasteiger partial charge < -0.3 is 25.0 Å². The van der Waals surface area contributed by atoms with Gasteiger partial charge in [-0.25, -0.2) is 13.6 Å². The predicted octanol–water partition coefficient (Wildman–Crippen LogP) is 3.98. The first kappa shape index (κ1) is 29.5. The number of hydrogen-bond acceptors (Lipinski definition) is 4. The molecule has 0 spiro atoms. The van der Waals surface area contributed by atoms with Crippen molar-refractivity contribution in [1.82, 2.24) is 14.8 Å². The molecule has 208 valence electrons. The van der Waals surface area contributed by atoms with Crippen LogP contribution in [-0.4, -0.2) is 57.2 Å². The maximum atomic E-state index is 14.8. The maximum absolute atomic E-state index is 14.8. The highest BCUT2D eigenvalue weighted by Crippen LogP contribution is 2.41. The third kappa shape index (κ3) is 7.29. The summed E-state index contributed by atoms with van der Waals surface area (Å²) in [6.45, 7) is 5.09. The molecule has 3 N–H and O–H groups in total. The average Bonchev–Trinajstić information content (AvgIpc) is 3.28. The van der Waals surface area contributed by atoms with Crippen molar-refractivity contribution < 1.29 is 33.4 Å². The van der Waals surface area contributed by atoms with Crippen molar-refractivity contribution in [3.8, 4) is 11.1 Å². The highest BCUT2D eigenvalue weighted by Gasteiger charge is 2.37. The lowest BCUT2D eigenvalue weighted by atomic mass is 9.82. The molecule has 0 radical (unpaired) electrons. The van der Waals surface area contributed by atoms with Crippen molar-refractivity contribution >= 4 is 18.3 Å². The van der Waals surface area contributed by atoms with Crippen molar-refractivity contribution in [2.75, 3.05) is 13.2 Å². The fourth-order valence-corrected chi connectivity index (χ4v) is 4.73. The Labute approximate surface area is 225 Å². The number of aliphatic carboxylic acids is 1. The van der Waals surface area contributed by atoms with Crippen LogP contribution < -0.4 is 5.32 Å². The molecule has 2 aromatic carbocycles. The monoisotopic (exact) mass is 541 g/mol. The Bertz CT molecular complexity index is 1300. The Balaban J connectivity index is 2.17.